The van der Waals surface area contributed by atoms with Crippen LogP contribution in [0.2, 0.25) is 0 Å². The lowest BCUT2D eigenvalue weighted by Gasteiger charge is -2.41. The summed E-state index contributed by atoms with van der Waals surface area (Å²) in [4.78, 5) is 45.7. The van der Waals surface area contributed by atoms with Gasteiger partial charge in [0.05, 0.1) is 43.8 Å². The number of hydrogen-bond donors (Lipinski definition) is 3. The average Bonchev–Trinajstić information content (AvgIpc) is 1.56. The molecule has 0 amide bonds. The van der Waals surface area contributed by atoms with Crippen molar-refractivity contribution in [1.82, 2.24) is 69.4 Å². The van der Waals surface area contributed by atoms with E-state index in [4.69, 9.17) is 24.4 Å². The van der Waals surface area contributed by atoms with E-state index in [2.05, 4.69) is 188 Å². The molecule has 6 aromatic carbocycles. The minimum absolute atomic E-state index is 0.112. The number of hydrogen-bond acceptors (Lipinski definition) is 16. The number of methoxy groups -OCH3 is 2. The van der Waals surface area contributed by atoms with E-state index in [1.54, 1.807) is 20.3 Å². The zero-order valence-electron chi connectivity index (χ0n) is 59.7. The number of nitrogens with zero attached hydrogens (tertiary/aromatic N) is 14. The third kappa shape index (κ3) is 13.0. The fraction of sp³-hybridized carbons (Fsp3) is 0.250. The van der Waals surface area contributed by atoms with Gasteiger partial charge in [0.2, 0.25) is 17.3 Å². The average molecular weight is 1380 g/mol. The van der Waals surface area contributed by atoms with Crippen LogP contribution < -0.4 is 40.4 Å². The Bertz CT molecular complexity index is 5410. The van der Waals surface area contributed by atoms with Crippen LogP contribution in [0.4, 0.5) is 17.1 Å². The summed E-state index contributed by atoms with van der Waals surface area (Å²) in [6, 6.07) is 58.7. The molecule has 6 atom stereocenters. The Balaban J connectivity index is 0.000000120. The summed E-state index contributed by atoms with van der Waals surface area (Å²) in [6.07, 6.45) is 21.3. The molecule has 3 N–H and O–H groups in total. The van der Waals surface area contributed by atoms with E-state index in [0.29, 0.717) is 48.0 Å². The molecular formula is C84H83N17O3. The zero-order chi connectivity index (χ0) is 71.1. The summed E-state index contributed by atoms with van der Waals surface area (Å²) in [5.41, 5.74) is 21.1. The fourth-order valence-electron chi connectivity index (χ4n) is 15.7. The van der Waals surface area contributed by atoms with Crippen LogP contribution in [0.1, 0.15) is 60.8 Å². The van der Waals surface area contributed by atoms with Gasteiger partial charge < -0.3 is 39.8 Å². The van der Waals surface area contributed by atoms with Crippen molar-refractivity contribution < 1.29 is 9.47 Å². The van der Waals surface area contributed by atoms with Gasteiger partial charge in [0.15, 0.2) is 16.9 Å². The maximum absolute atomic E-state index is 11.7. The molecule has 3 fully saturated rings. The van der Waals surface area contributed by atoms with Crippen molar-refractivity contribution >= 4 is 66.7 Å². The van der Waals surface area contributed by atoms with Gasteiger partial charge in [-0.15, -0.1) is 0 Å². The van der Waals surface area contributed by atoms with E-state index in [1.807, 2.05) is 136 Å². The third-order valence-electron chi connectivity index (χ3n) is 20.9. The van der Waals surface area contributed by atoms with E-state index in [0.717, 1.165) is 143 Å². The molecule has 0 aliphatic carbocycles. The first-order valence-corrected chi connectivity index (χ1v) is 35.9. The number of H-pyrrole nitrogens is 1. The highest BCUT2D eigenvalue weighted by molar-refractivity contribution is 6.00. The molecule has 18 rings (SSSR count). The lowest BCUT2D eigenvalue weighted by Crippen LogP contribution is -2.55. The summed E-state index contributed by atoms with van der Waals surface area (Å²) in [5.74, 6) is 1.21. The number of anilines is 3. The predicted molar refractivity (Wildman–Crippen MR) is 417 cm³/mol. The normalized spacial score (nSPS) is 18.4. The quantitative estimate of drug-likeness (QED) is 0.110. The predicted octanol–water partition coefficient (Wildman–Crippen LogP) is 15.3. The number of benzene rings is 6. The molecule has 20 nitrogen and oxygen atoms in total. The molecule has 20 heteroatoms. The monoisotopic (exact) mass is 1380 g/mol. The van der Waals surface area contributed by atoms with Gasteiger partial charge in [-0.3, -0.25) is 4.79 Å². The molecule has 3 aliphatic rings. The van der Waals surface area contributed by atoms with Crippen molar-refractivity contribution in [1.29, 1.82) is 0 Å². The molecule has 0 radical (unpaired) electrons. The highest BCUT2D eigenvalue weighted by atomic mass is 16.5. The Morgan fingerprint density at radius 2 is 0.721 bits per heavy atom. The number of aromatic nitrogens is 12. The van der Waals surface area contributed by atoms with Gasteiger partial charge in [-0.05, 0) is 167 Å². The fourth-order valence-corrected chi connectivity index (χ4v) is 15.7. The van der Waals surface area contributed by atoms with Crippen LogP contribution in [0, 0.1) is 0 Å². The van der Waals surface area contributed by atoms with Gasteiger partial charge in [-0.25, -0.2) is 38.5 Å². The van der Waals surface area contributed by atoms with Gasteiger partial charge in [0.1, 0.15) is 0 Å². The first-order valence-electron chi connectivity index (χ1n) is 35.9. The standard InChI is InChI=1S/C29H29N5O.C28H28N6O.C27H26N6O/c1-19-6-4-7-20(2)34(19)23-12-10-21(11-13-23)22-16-30-29-26(17-31-33(29)18-22)24-8-5-9-27-25(24)14-15-28(32-27)35-3;1-18-13-29-14-19(2)34(18)22-9-7-20(8-10-22)21-15-30-28-25(16-31-33(28)17-21)23-5-4-6-26-24(23)11-12-27(32-26)35-3;1-17-12-28-13-18(2)33(17)21-8-6-19(7-9-21)20-14-29-27-24(15-30-32(27)16-20)22-4-3-5-25-23(22)10-11-26(34)31-25/h5,8-20H,4,6-7H2,1-3H3;4-12,15-19,29H,13-14H2,1-3H3;3-11,14-18,28H,12-13H2,1-2H3,(H,31,34)/t19-,20+;18-,19+;17-,18+. The molecule has 0 unspecified atom stereocenters. The summed E-state index contributed by atoms with van der Waals surface area (Å²) >= 11 is 0. The highest BCUT2D eigenvalue weighted by Gasteiger charge is 2.28. The summed E-state index contributed by atoms with van der Waals surface area (Å²) < 4.78 is 16.1. The number of aromatic amines is 1. The van der Waals surface area contributed by atoms with Gasteiger partial charge in [-0.2, -0.15) is 15.3 Å². The van der Waals surface area contributed by atoms with Crippen molar-refractivity contribution in [3.63, 3.8) is 0 Å². The Hall–Kier alpha value is -11.9. The first kappa shape index (κ1) is 66.7. The molecule has 0 spiro atoms. The van der Waals surface area contributed by atoms with Crippen LogP contribution in [0.5, 0.6) is 11.8 Å². The number of nitrogens with one attached hydrogen (secondary N) is 3. The Morgan fingerprint density at radius 1 is 0.365 bits per heavy atom. The van der Waals surface area contributed by atoms with Gasteiger partial charge in [0.25, 0.3) is 0 Å². The van der Waals surface area contributed by atoms with Crippen molar-refractivity contribution in [2.45, 2.75) is 97.1 Å². The second-order valence-electron chi connectivity index (χ2n) is 27.8. The van der Waals surface area contributed by atoms with Gasteiger partial charge in [0, 0.05) is 190 Å². The first-order chi connectivity index (χ1) is 50.8. The minimum atomic E-state index is -0.112. The maximum atomic E-state index is 11.7. The second kappa shape index (κ2) is 28.5. The van der Waals surface area contributed by atoms with Crippen molar-refractivity contribution in [3.8, 4) is 78.5 Å². The molecule has 0 saturated carbocycles. The van der Waals surface area contributed by atoms with Crippen LogP contribution in [0.3, 0.4) is 0 Å². The largest absolute Gasteiger partial charge is 0.481 e. The van der Waals surface area contributed by atoms with E-state index in [-0.39, 0.29) is 5.56 Å². The molecule has 522 valence electrons. The SMILES string of the molecule is COc1ccc2c(-c3cnn4cc(-c5ccc(N6[C@H](C)CCC[C@@H]6C)cc5)cnc34)cccc2n1.COc1ccc2c(-c3cnn4cc(-c5ccc(N6[C@H](C)CNC[C@@H]6C)cc5)cnc34)cccc2n1.C[C@@H]1CNC[C@H](C)N1c1ccc(-c2cnc3c(-c4cccc5[nH]c(=O)ccc45)cnn3c2)cc1. The minimum Gasteiger partial charge on any atom is -0.481 e. The molecule has 15 aromatic rings. The lowest BCUT2D eigenvalue weighted by molar-refractivity contribution is 0.399. The number of piperazine rings is 2. The van der Waals surface area contributed by atoms with Gasteiger partial charge in [-0.1, -0.05) is 72.8 Å². The summed E-state index contributed by atoms with van der Waals surface area (Å²) in [7, 11) is 3.26. The smallest absolute Gasteiger partial charge is 0.248 e. The van der Waals surface area contributed by atoms with E-state index in [9.17, 15) is 4.79 Å². The summed E-state index contributed by atoms with van der Waals surface area (Å²) in [5, 5.41) is 23.9. The van der Waals surface area contributed by atoms with E-state index >= 15 is 0 Å². The third-order valence-corrected chi connectivity index (χ3v) is 20.9. The second-order valence-corrected chi connectivity index (χ2v) is 27.8. The van der Waals surface area contributed by atoms with Crippen molar-refractivity contribution in [2.24, 2.45) is 0 Å². The van der Waals surface area contributed by atoms with Crippen LogP contribution in [-0.4, -0.2) is 135 Å². The molecule has 0 bridgehead atoms. The maximum Gasteiger partial charge on any atom is 0.248 e. The summed E-state index contributed by atoms with van der Waals surface area (Å²) in [6.45, 7) is 17.7. The number of fused-ring (bicyclic) bond motifs is 6. The van der Waals surface area contributed by atoms with Crippen LogP contribution in [0.25, 0.3) is 116 Å². The number of pyridine rings is 3. The zero-order valence-corrected chi connectivity index (χ0v) is 59.7. The van der Waals surface area contributed by atoms with E-state index in [1.165, 1.54) is 36.3 Å². The van der Waals surface area contributed by atoms with Gasteiger partial charge >= 0.3 is 0 Å². The Labute approximate surface area is 603 Å². The lowest BCUT2D eigenvalue weighted by atomic mass is 9.96. The molecular weight excluding hydrogens is 1300 g/mol. The number of ether oxygens (including phenoxy) is 2. The van der Waals surface area contributed by atoms with Crippen molar-refractivity contribution in [3.05, 3.63) is 230 Å². The highest BCUT2D eigenvalue weighted by Crippen LogP contribution is 2.38. The molecule has 9 aromatic heterocycles. The molecule has 3 saturated heterocycles. The molecule has 104 heavy (non-hydrogen) atoms. The molecule has 3 aliphatic heterocycles. The van der Waals surface area contributed by atoms with E-state index < -0.39 is 0 Å². The Morgan fingerprint density at radius 3 is 1.11 bits per heavy atom. The van der Waals surface area contributed by atoms with Crippen LogP contribution in [-0.2, 0) is 0 Å². The number of rotatable bonds is 11. The van der Waals surface area contributed by atoms with Crippen LogP contribution in [0.15, 0.2) is 224 Å². The topological polar surface area (TPSA) is 201 Å². The molecule has 12 heterocycles. The Kier molecular flexibility index (Phi) is 18.3. The van der Waals surface area contributed by atoms with Crippen LogP contribution >= 0.6 is 0 Å². The van der Waals surface area contributed by atoms with Crippen molar-refractivity contribution in [2.75, 3.05) is 55.1 Å². The number of piperidine rings is 1.